The van der Waals surface area contributed by atoms with Gasteiger partial charge in [0.1, 0.15) is 0 Å². The summed E-state index contributed by atoms with van der Waals surface area (Å²) in [5.41, 5.74) is 0. The molecular formula is C70H150O6. The molecule has 6 heteroatoms. The van der Waals surface area contributed by atoms with Crippen molar-refractivity contribution in [2.24, 2.45) is 118 Å². The molecule has 10 saturated carbocycles. The lowest BCUT2D eigenvalue weighted by atomic mass is 9.70. The summed E-state index contributed by atoms with van der Waals surface area (Å²) in [6.07, 6.45) is 61.1. The molecule has 0 aliphatic heterocycles. The summed E-state index contributed by atoms with van der Waals surface area (Å²) in [6, 6.07) is 0. The van der Waals surface area contributed by atoms with Crippen molar-refractivity contribution in [3.63, 3.8) is 0 Å². The van der Waals surface area contributed by atoms with Gasteiger partial charge in [0, 0.05) is 5.71 Å². The molecule has 0 heterocycles. The first kappa shape index (κ1) is 75.8. The maximum absolute atomic E-state index is 2.43. The Morgan fingerprint density at radius 2 is 0.171 bits per heavy atom. The highest BCUT2D eigenvalue weighted by atomic mass is 16.0. The van der Waals surface area contributed by atoms with E-state index < -0.39 is 0 Å². The van der Waals surface area contributed by atoms with E-state index in [9.17, 15) is 0 Å². The van der Waals surface area contributed by atoms with E-state index in [1.165, 1.54) is 128 Å². The Kier molecular flexibility index (Phi) is 40.7. The average Bonchev–Trinajstić information content (AvgIpc) is 3.37. The van der Waals surface area contributed by atoms with E-state index in [4.69, 9.17) is 0 Å². The van der Waals surface area contributed by atoms with Crippen LogP contribution in [0.1, 0.15) is 332 Å². The van der Waals surface area contributed by atoms with Gasteiger partial charge in [0.05, 0.1) is 0 Å². The second kappa shape index (κ2) is 40.9. The summed E-state index contributed by atoms with van der Waals surface area (Å²) in [5.74, 6) is 21.3. The highest BCUT2D eigenvalue weighted by Gasteiger charge is 2.33. The van der Waals surface area contributed by atoms with Crippen molar-refractivity contribution in [2.45, 2.75) is 326 Å². The van der Waals surface area contributed by atoms with Crippen LogP contribution in [0, 0.1) is 118 Å². The van der Waals surface area contributed by atoms with E-state index >= 15 is 0 Å². The molecule has 10 aliphatic rings. The van der Waals surface area contributed by atoms with Crippen LogP contribution in [-0.2, 0) is 0 Å². The lowest BCUT2D eigenvalue weighted by Gasteiger charge is -2.36. The Hall–Kier alpha value is -0.240. The Morgan fingerprint density at radius 3 is 0.224 bits per heavy atom. The van der Waals surface area contributed by atoms with Crippen molar-refractivity contribution in [3.05, 3.63) is 0 Å². The third-order valence-corrected chi connectivity index (χ3v) is 23.9. The van der Waals surface area contributed by atoms with Gasteiger partial charge in [0.15, 0.2) is 0 Å². The monoisotopic (exact) mass is 1090 g/mol. The van der Waals surface area contributed by atoms with Gasteiger partial charge in [-0.2, -0.15) is 0 Å². The van der Waals surface area contributed by atoms with Gasteiger partial charge >= 0.3 is 0 Å². The molecule has 12 N–H and O–H groups in total. The lowest BCUT2D eigenvalue weighted by Crippen LogP contribution is -2.24. The van der Waals surface area contributed by atoms with Gasteiger partial charge < -0.3 is 32.9 Å². The van der Waals surface area contributed by atoms with E-state index in [-0.39, 0.29) is 38.6 Å². The third-order valence-electron chi connectivity index (χ3n) is 23.9. The Morgan fingerprint density at radius 1 is 0.118 bits per heavy atom. The second-order valence-electron chi connectivity index (χ2n) is 30.2. The van der Waals surface area contributed by atoms with Crippen LogP contribution in [0.2, 0.25) is 0 Å². The van der Waals surface area contributed by atoms with Gasteiger partial charge in [-0.15, -0.1) is 0 Å². The smallest absolute Gasteiger partial charge is 0 e. The Bertz CT molecular complexity index is 970. The number of hydrogen-bond donors (Lipinski definition) is 0. The van der Waals surface area contributed by atoms with Crippen LogP contribution in [0.5, 0.6) is 0 Å². The summed E-state index contributed by atoms with van der Waals surface area (Å²) in [7, 11) is 0. The number of hydrogen-bond acceptors (Lipinski definition) is 0. The van der Waals surface area contributed by atoms with E-state index in [0.29, 0.717) is 0 Å². The first-order chi connectivity index (χ1) is 33.8. The van der Waals surface area contributed by atoms with Gasteiger partial charge in [-0.1, -0.05) is 198 Å². The van der Waals surface area contributed by atoms with Gasteiger partial charge in [0.25, 0.3) is 0 Å². The average molecular weight is 1090 g/mol. The van der Waals surface area contributed by atoms with Crippen LogP contribution in [0.3, 0.4) is 0 Å². The molecule has 10 fully saturated rings. The first-order valence-corrected chi connectivity index (χ1v) is 33.8. The van der Waals surface area contributed by atoms with Crippen molar-refractivity contribution >= 4 is 0 Å². The minimum absolute atomic E-state index is 0. The number of rotatable bonds is 5. The van der Waals surface area contributed by atoms with Crippen LogP contribution in [0.25, 0.3) is 0 Å². The van der Waals surface area contributed by atoms with Gasteiger partial charge in [0.2, 0.25) is 0 Å². The first-order valence-electron chi connectivity index (χ1n) is 33.8. The summed E-state index contributed by atoms with van der Waals surface area (Å²) in [4.78, 5) is 0. The molecule has 10 aliphatic carbocycles. The minimum Gasteiger partial charge on any atom is -0.412 e. The van der Waals surface area contributed by atoms with Crippen LogP contribution in [0.4, 0.5) is 0 Å². The summed E-state index contributed by atoms with van der Waals surface area (Å²) >= 11 is 0. The molecule has 76 heavy (non-hydrogen) atoms. The third kappa shape index (κ3) is 27.2. The largest absolute Gasteiger partial charge is 0.412 e. The molecule has 0 aromatic heterocycles. The van der Waals surface area contributed by atoms with Crippen LogP contribution >= 0.6 is 0 Å². The highest BCUT2D eigenvalue weighted by Crippen LogP contribution is 2.46. The molecule has 0 unspecified atom stereocenters. The zero-order valence-corrected chi connectivity index (χ0v) is 52.8. The SMILES string of the molecule is CC1CCC(C2CCC(C)CC2)CC1.CC1CCC(C2CCC(C)CC2)CC1.CC1CCC(C2CCC(C)CC2)CC1.CC1CCC(C2CCC(C)CC2)CC1.CC1CCC(C2CCC(C)CC2)CC1.O.O.O.O.O.O.[HH].[HH].[HH].[HH]. The molecule has 0 saturated heterocycles. The molecule has 6 nitrogen and oxygen atoms in total. The predicted molar refractivity (Wildman–Crippen MR) is 341 cm³/mol. The van der Waals surface area contributed by atoms with Gasteiger partial charge in [-0.3, -0.25) is 0 Å². The topological polar surface area (TPSA) is 189 Å². The van der Waals surface area contributed by atoms with Gasteiger partial charge in [-0.25, -0.2) is 0 Å². The van der Waals surface area contributed by atoms with Crippen LogP contribution < -0.4 is 0 Å². The van der Waals surface area contributed by atoms with Crippen molar-refractivity contribution < 1.29 is 38.6 Å². The minimum atomic E-state index is 0. The molecule has 0 atom stereocenters. The van der Waals surface area contributed by atoms with Crippen molar-refractivity contribution in [1.29, 1.82) is 0 Å². The molecule has 0 radical (unpaired) electrons. The lowest BCUT2D eigenvalue weighted by molar-refractivity contribution is 0.155. The van der Waals surface area contributed by atoms with Crippen LogP contribution in [0.15, 0.2) is 0 Å². The van der Waals surface area contributed by atoms with Crippen molar-refractivity contribution in [1.82, 2.24) is 0 Å². The zero-order valence-electron chi connectivity index (χ0n) is 52.8. The van der Waals surface area contributed by atoms with Crippen molar-refractivity contribution in [3.8, 4) is 0 Å². The second-order valence-corrected chi connectivity index (χ2v) is 30.2. The normalized spacial score (nSPS) is 41.4. The van der Waals surface area contributed by atoms with Gasteiger partial charge in [-0.05, 0) is 247 Å². The standard InChI is InChI=1S/5C14H26.6H2O.4H2/c5*1-11-3-7-13(8-4-11)14-9-5-12(2)6-10-14;;;;;;;;;;/h5*11-14H,3-10H2,1-2H3;6*1H2;4*1H. The van der Waals surface area contributed by atoms with E-state index in [0.717, 1.165) is 118 Å². The molecule has 0 aromatic carbocycles. The van der Waals surface area contributed by atoms with Crippen molar-refractivity contribution in [2.75, 3.05) is 0 Å². The summed E-state index contributed by atoms with van der Waals surface area (Å²) in [6.45, 7) is 24.3. The fourth-order valence-corrected chi connectivity index (χ4v) is 17.6. The van der Waals surface area contributed by atoms with E-state index in [1.807, 2.05) is 0 Å². The molecule has 0 aromatic rings. The maximum atomic E-state index is 2.43. The predicted octanol–water partition coefficient (Wildman–Crippen LogP) is 19.2. The Labute approximate surface area is 481 Å². The van der Waals surface area contributed by atoms with Crippen LogP contribution in [-0.4, -0.2) is 32.9 Å². The molecular weight excluding hydrogens is 937 g/mol. The molecule has 10 rings (SSSR count). The molecule has 0 bridgehead atoms. The maximum Gasteiger partial charge on any atom is 0 e. The summed E-state index contributed by atoms with van der Waals surface area (Å²) < 4.78 is 0. The van der Waals surface area contributed by atoms with E-state index in [2.05, 4.69) is 69.2 Å². The molecule has 466 valence electrons. The molecule has 0 spiro atoms. The summed E-state index contributed by atoms with van der Waals surface area (Å²) in [5, 5.41) is 0. The molecule has 0 amide bonds. The zero-order chi connectivity index (χ0) is 49.8. The fraction of sp³-hybridized carbons (Fsp3) is 1.00. The Balaban J connectivity index is -0.000000284. The highest BCUT2D eigenvalue weighted by molar-refractivity contribution is 4.85. The van der Waals surface area contributed by atoms with E-state index in [1.54, 1.807) is 128 Å². The quantitative estimate of drug-likeness (QED) is 0.254. The fourth-order valence-electron chi connectivity index (χ4n) is 17.6.